The summed E-state index contributed by atoms with van der Waals surface area (Å²) in [4.78, 5) is 26.7. The third kappa shape index (κ3) is 5.07. The molecule has 0 saturated carbocycles. The number of alkyl halides is 3. The van der Waals surface area contributed by atoms with Gasteiger partial charge in [-0.1, -0.05) is 18.2 Å². The van der Waals surface area contributed by atoms with Crippen molar-refractivity contribution < 1.29 is 44.7 Å². The molecule has 2 amide bonds. The van der Waals surface area contributed by atoms with Gasteiger partial charge in [-0.15, -0.1) is 6.58 Å². The van der Waals surface area contributed by atoms with Crippen molar-refractivity contribution in [1.82, 2.24) is 4.31 Å². The van der Waals surface area contributed by atoms with Crippen molar-refractivity contribution in [3.05, 3.63) is 83.1 Å². The van der Waals surface area contributed by atoms with Gasteiger partial charge in [-0.2, -0.15) is 18.4 Å². The van der Waals surface area contributed by atoms with Crippen molar-refractivity contribution in [1.29, 1.82) is 5.26 Å². The molecule has 1 aliphatic rings. The highest BCUT2D eigenvalue weighted by molar-refractivity contribution is 7.90. The second-order valence-electron chi connectivity index (χ2n) is 8.91. The minimum Gasteiger partial charge on any atom is -0.478 e. The summed E-state index contributed by atoms with van der Waals surface area (Å²) >= 11 is 0. The Bertz CT molecular complexity index is 1730. The first-order chi connectivity index (χ1) is 18.3. The number of benzene rings is 2. The maximum absolute atomic E-state index is 14.0. The highest BCUT2D eigenvalue weighted by Crippen LogP contribution is 2.50. The lowest BCUT2D eigenvalue weighted by Crippen LogP contribution is -2.62. The van der Waals surface area contributed by atoms with Crippen LogP contribution >= 0.6 is 0 Å². The van der Waals surface area contributed by atoms with E-state index in [1.807, 2.05) is 0 Å². The molecule has 0 bridgehead atoms. The van der Waals surface area contributed by atoms with Crippen LogP contribution in [0.3, 0.4) is 0 Å². The van der Waals surface area contributed by atoms with E-state index in [4.69, 9.17) is 0 Å². The van der Waals surface area contributed by atoms with E-state index in [0.29, 0.717) is 23.3 Å². The molecule has 2 aromatic rings. The van der Waals surface area contributed by atoms with Gasteiger partial charge in [0.2, 0.25) is 10.0 Å². The molecular weight excluding hydrogens is 575 g/mol. The number of halogens is 3. The monoisotopic (exact) mass is 597 g/mol. The van der Waals surface area contributed by atoms with E-state index >= 15 is 0 Å². The van der Waals surface area contributed by atoms with Crippen LogP contribution in [0, 0.1) is 11.3 Å². The molecule has 1 atom stereocenters. The van der Waals surface area contributed by atoms with E-state index in [1.54, 1.807) is 6.07 Å². The van der Waals surface area contributed by atoms with Crippen LogP contribution in [0.25, 0.3) is 0 Å². The molecule has 1 aliphatic heterocycles. The maximum atomic E-state index is 14.0. The Hall–Kier alpha value is -4.16. The van der Waals surface area contributed by atoms with Gasteiger partial charge in [0, 0.05) is 17.5 Å². The number of sulfone groups is 1. The molecule has 0 fully saturated rings. The van der Waals surface area contributed by atoms with Gasteiger partial charge in [0.25, 0.3) is 0 Å². The number of hydrogen-bond donors (Lipinski definition) is 1. The smallest absolute Gasteiger partial charge is 0.416 e. The highest BCUT2D eigenvalue weighted by Gasteiger charge is 2.58. The van der Waals surface area contributed by atoms with Crippen molar-refractivity contribution in [2.45, 2.75) is 30.0 Å². The molecule has 10 nitrogen and oxygen atoms in total. The van der Waals surface area contributed by atoms with Crippen molar-refractivity contribution in [3.8, 4) is 6.07 Å². The van der Waals surface area contributed by atoms with E-state index < -0.39 is 83.0 Å². The number of aliphatic carboxylic acids is 1. The number of allylic oxidation sites excluding steroid dienone is 1. The summed E-state index contributed by atoms with van der Waals surface area (Å²) in [6.07, 6.45) is -3.10. The lowest BCUT2D eigenvalue weighted by Gasteiger charge is -2.49. The van der Waals surface area contributed by atoms with Crippen LogP contribution in [-0.4, -0.2) is 50.8 Å². The van der Waals surface area contributed by atoms with Gasteiger partial charge in [0.05, 0.1) is 39.6 Å². The Labute approximate surface area is 228 Å². The van der Waals surface area contributed by atoms with Gasteiger partial charge < -0.3 is 5.11 Å². The quantitative estimate of drug-likeness (QED) is 0.470. The molecule has 0 spiro atoms. The van der Waals surface area contributed by atoms with Gasteiger partial charge in [-0.3, -0.25) is 4.90 Å². The number of carboxylic acids is 1. The minimum absolute atomic E-state index is 0.133. The van der Waals surface area contributed by atoms with E-state index in [9.17, 15) is 50.0 Å². The predicted molar refractivity (Wildman–Crippen MR) is 137 cm³/mol. The van der Waals surface area contributed by atoms with Crippen LogP contribution in [-0.2, 0) is 36.4 Å². The average Bonchev–Trinajstić information content (AvgIpc) is 2.81. The fraction of sp³-hybridized carbons (Fsp3) is 0.240. The van der Waals surface area contributed by atoms with E-state index in [0.717, 1.165) is 49.6 Å². The van der Waals surface area contributed by atoms with Crippen molar-refractivity contribution >= 4 is 37.5 Å². The maximum Gasteiger partial charge on any atom is 0.416 e. The Balaban J connectivity index is 2.62. The van der Waals surface area contributed by atoms with Crippen LogP contribution in [0.1, 0.15) is 30.0 Å². The number of carboxylic acid groups (broad SMARTS) is 1. The first-order valence-electron chi connectivity index (χ1n) is 11.1. The van der Waals surface area contributed by atoms with E-state index in [2.05, 4.69) is 6.58 Å². The molecule has 15 heteroatoms. The molecule has 0 saturated heterocycles. The molecule has 212 valence electrons. The second-order valence-corrected chi connectivity index (χ2v) is 12.7. The molecule has 2 aromatic carbocycles. The lowest BCUT2D eigenvalue weighted by molar-refractivity contribution is -0.137. The zero-order valence-electron chi connectivity index (χ0n) is 21.2. The van der Waals surface area contributed by atoms with Gasteiger partial charge >= 0.3 is 18.2 Å². The fourth-order valence-electron chi connectivity index (χ4n) is 4.78. The predicted octanol–water partition coefficient (Wildman–Crippen LogP) is 4.01. The third-order valence-electron chi connectivity index (χ3n) is 6.20. The number of anilines is 1. The fourth-order valence-corrected chi connectivity index (χ4v) is 6.95. The summed E-state index contributed by atoms with van der Waals surface area (Å²) < 4.78 is 92.8. The molecule has 0 unspecified atom stereocenters. The lowest BCUT2D eigenvalue weighted by atomic mass is 9.76. The van der Waals surface area contributed by atoms with Crippen molar-refractivity contribution in [3.63, 3.8) is 0 Å². The number of hydrogen-bond acceptors (Lipinski definition) is 7. The summed E-state index contributed by atoms with van der Waals surface area (Å²) in [5, 5.41) is 19.7. The topological polar surface area (TPSA) is 153 Å². The number of sulfonamides is 1. The average molecular weight is 598 g/mol. The Morgan fingerprint density at radius 2 is 1.77 bits per heavy atom. The third-order valence-corrected chi connectivity index (χ3v) is 8.46. The Kier molecular flexibility index (Phi) is 7.67. The van der Waals surface area contributed by atoms with Gasteiger partial charge in [-0.25, -0.2) is 30.7 Å². The van der Waals surface area contributed by atoms with Gasteiger partial charge in [0.1, 0.15) is 5.54 Å². The summed E-state index contributed by atoms with van der Waals surface area (Å²) in [6.45, 7) is 4.62. The van der Waals surface area contributed by atoms with E-state index in [-0.39, 0.29) is 9.87 Å². The molecule has 40 heavy (non-hydrogen) atoms. The summed E-state index contributed by atoms with van der Waals surface area (Å²) in [5.41, 5.74) is -6.15. The van der Waals surface area contributed by atoms with Crippen LogP contribution in [0.15, 0.2) is 71.3 Å². The SMILES string of the molecule is C=CC[C@@]1(c2ccc(C#N)cc2S(C)(=O)=O)C(C(=O)O)=C(C)N(c2cccc(C(F)(F)F)c2)C(=O)N1S(C)(=O)=O. The first-order valence-corrected chi connectivity index (χ1v) is 14.9. The zero-order chi connectivity index (χ0) is 30.4. The van der Waals surface area contributed by atoms with Gasteiger partial charge in [0.15, 0.2) is 9.84 Å². The van der Waals surface area contributed by atoms with E-state index in [1.165, 1.54) is 0 Å². The molecule has 0 radical (unpaired) electrons. The molecule has 0 aliphatic carbocycles. The number of carbonyl (C=O) groups excluding carboxylic acids is 1. The molecule has 1 heterocycles. The second kappa shape index (κ2) is 10.1. The Morgan fingerprint density at radius 3 is 2.25 bits per heavy atom. The molecule has 0 aromatic heterocycles. The Morgan fingerprint density at radius 1 is 1.15 bits per heavy atom. The van der Waals surface area contributed by atoms with Crippen LogP contribution < -0.4 is 4.90 Å². The minimum atomic E-state index is -4.85. The van der Waals surface area contributed by atoms with Crippen LogP contribution in [0.4, 0.5) is 23.7 Å². The normalized spacial score (nSPS) is 18.5. The summed E-state index contributed by atoms with van der Waals surface area (Å²) in [5.74, 6) is -1.79. The summed E-state index contributed by atoms with van der Waals surface area (Å²) in [7, 11) is -9.07. The van der Waals surface area contributed by atoms with Gasteiger partial charge in [-0.05, 0) is 43.7 Å². The number of nitrogens with zero attached hydrogens (tertiary/aromatic N) is 3. The summed E-state index contributed by atoms with van der Waals surface area (Å²) in [6, 6.07) is 6.60. The zero-order valence-corrected chi connectivity index (χ0v) is 22.9. The number of carbonyl (C=O) groups is 2. The molecule has 1 N–H and O–H groups in total. The van der Waals surface area contributed by atoms with Crippen LogP contribution in [0.2, 0.25) is 0 Å². The first kappa shape index (κ1) is 30.4. The number of amides is 2. The molecule has 3 rings (SSSR count). The standard InChI is InChI=1S/C25H22F3N3O7S2/c1-5-11-24(19-10-9-16(14-29)12-20(19)39(3,35)36)21(22(32)33)15(2)30(23(34)31(24)40(4,37)38)18-8-6-7-17(13-18)25(26,27)28/h5-10,12-13H,1,11H2,2-4H3,(H,32,33)/t24-/m1/s1. The largest absolute Gasteiger partial charge is 0.478 e. The highest BCUT2D eigenvalue weighted by atomic mass is 32.2. The van der Waals surface area contributed by atoms with Crippen molar-refractivity contribution in [2.75, 3.05) is 17.4 Å². The number of nitriles is 1. The number of rotatable bonds is 7. The van der Waals surface area contributed by atoms with Crippen LogP contribution in [0.5, 0.6) is 0 Å². The van der Waals surface area contributed by atoms with Crippen molar-refractivity contribution in [2.24, 2.45) is 0 Å². The number of urea groups is 1. The molecular formula is C25H22F3N3O7S2.